The summed E-state index contributed by atoms with van der Waals surface area (Å²) in [5.74, 6) is -4.11. The second kappa shape index (κ2) is 10.6. The van der Waals surface area contributed by atoms with Crippen molar-refractivity contribution in [3.05, 3.63) is 102 Å². The molecular formula is C25H18F3N5O3. The van der Waals surface area contributed by atoms with Crippen molar-refractivity contribution in [3.63, 3.8) is 0 Å². The van der Waals surface area contributed by atoms with Crippen LogP contribution < -0.4 is 16.0 Å². The minimum Gasteiger partial charge on any atom is -0.465 e. The van der Waals surface area contributed by atoms with Crippen molar-refractivity contribution < 1.29 is 27.5 Å². The third-order valence-electron chi connectivity index (χ3n) is 4.90. The molecule has 36 heavy (non-hydrogen) atoms. The normalized spacial score (nSPS) is 10.4. The average Bonchev–Trinajstić information content (AvgIpc) is 2.87. The fraction of sp³-hybridized carbons (Fsp3) is 0.0400. The molecule has 0 saturated carbocycles. The Hall–Kier alpha value is -4.93. The van der Waals surface area contributed by atoms with Crippen LogP contribution in [0.15, 0.2) is 72.9 Å². The van der Waals surface area contributed by atoms with E-state index in [0.29, 0.717) is 16.9 Å². The Bertz CT molecular complexity index is 1390. The van der Waals surface area contributed by atoms with Gasteiger partial charge < -0.3 is 20.7 Å². The van der Waals surface area contributed by atoms with Crippen LogP contribution in [0.25, 0.3) is 0 Å². The highest BCUT2D eigenvalue weighted by atomic mass is 19.1. The summed E-state index contributed by atoms with van der Waals surface area (Å²) >= 11 is 0. The van der Waals surface area contributed by atoms with Crippen molar-refractivity contribution in [1.29, 1.82) is 0 Å². The van der Waals surface area contributed by atoms with Crippen molar-refractivity contribution in [2.45, 2.75) is 0 Å². The molecule has 1 amide bonds. The number of aromatic nitrogens is 2. The van der Waals surface area contributed by atoms with E-state index < -0.39 is 34.9 Å². The first kappa shape index (κ1) is 24.2. The van der Waals surface area contributed by atoms with E-state index in [-0.39, 0.29) is 17.5 Å². The molecule has 3 N–H and O–H groups in total. The van der Waals surface area contributed by atoms with E-state index in [1.165, 1.54) is 31.4 Å². The SMILES string of the molecule is COC(=O)c1ccc(Nc2ncc(F)c(Nc3ccc(NC(=O)c4c(F)cccc4F)cc3)n2)cc1. The van der Waals surface area contributed by atoms with Gasteiger partial charge in [0.2, 0.25) is 5.95 Å². The Morgan fingerprint density at radius 3 is 2.00 bits per heavy atom. The second-order valence-corrected chi connectivity index (χ2v) is 7.34. The lowest BCUT2D eigenvalue weighted by atomic mass is 10.1. The monoisotopic (exact) mass is 493 g/mol. The van der Waals surface area contributed by atoms with Crippen molar-refractivity contribution in [3.8, 4) is 0 Å². The predicted molar refractivity (Wildman–Crippen MR) is 127 cm³/mol. The molecular weight excluding hydrogens is 475 g/mol. The number of halogens is 3. The van der Waals surface area contributed by atoms with Crippen LogP contribution in [-0.4, -0.2) is 29.0 Å². The van der Waals surface area contributed by atoms with Crippen LogP contribution in [-0.2, 0) is 4.74 Å². The molecule has 0 radical (unpaired) electrons. The highest BCUT2D eigenvalue weighted by Crippen LogP contribution is 2.23. The Morgan fingerprint density at radius 1 is 0.778 bits per heavy atom. The lowest BCUT2D eigenvalue weighted by molar-refractivity contribution is 0.0600. The van der Waals surface area contributed by atoms with E-state index in [0.717, 1.165) is 24.4 Å². The van der Waals surface area contributed by atoms with E-state index in [9.17, 15) is 22.8 Å². The Kier molecular flexibility index (Phi) is 7.10. The lowest BCUT2D eigenvalue weighted by Gasteiger charge is -2.11. The molecule has 182 valence electrons. The van der Waals surface area contributed by atoms with Crippen LogP contribution >= 0.6 is 0 Å². The molecule has 4 aromatic rings. The molecule has 1 aromatic heterocycles. The molecule has 11 heteroatoms. The predicted octanol–water partition coefficient (Wildman–Crippen LogP) is 5.42. The van der Waals surface area contributed by atoms with Crippen LogP contribution in [0.1, 0.15) is 20.7 Å². The summed E-state index contributed by atoms with van der Waals surface area (Å²) < 4.78 is 46.5. The zero-order valence-corrected chi connectivity index (χ0v) is 18.7. The van der Waals surface area contributed by atoms with E-state index >= 15 is 0 Å². The highest BCUT2D eigenvalue weighted by Gasteiger charge is 2.17. The maximum absolute atomic E-state index is 14.3. The molecule has 0 atom stereocenters. The number of hydrogen-bond acceptors (Lipinski definition) is 7. The molecule has 0 fully saturated rings. The smallest absolute Gasteiger partial charge is 0.337 e. The van der Waals surface area contributed by atoms with Crippen molar-refractivity contribution >= 4 is 40.7 Å². The van der Waals surface area contributed by atoms with E-state index in [1.54, 1.807) is 24.3 Å². The van der Waals surface area contributed by atoms with Gasteiger partial charge in [-0.1, -0.05) is 6.07 Å². The summed E-state index contributed by atoms with van der Waals surface area (Å²) in [6.07, 6.45) is 0.984. The first-order valence-electron chi connectivity index (χ1n) is 10.4. The topological polar surface area (TPSA) is 105 Å². The molecule has 4 rings (SSSR count). The van der Waals surface area contributed by atoms with Gasteiger partial charge in [0.25, 0.3) is 5.91 Å². The summed E-state index contributed by atoms with van der Waals surface area (Å²) in [6, 6.07) is 15.5. The summed E-state index contributed by atoms with van der Waals surface area (Å²) in [4.78, 5) is 31.8. The van der Waals surface area contributed by atoms with Crippen LogP contribution in [0.2, 0.25) is 0 Å². The zero-order valence-electron chi connectivity index (χ0n) is 18.7. The van der Waals surface area contributed by atoms with Gasteiger partial charge in [-0.05, 0) is 60.7 Å². The number of nitrogens with zero attached hydrogens (tertiary/aromatic N) is 2. The number of amides is 1. The van der Waals surface area contributed by atoms with Crippen molar-refractivity contribution in [2.24, 2.45) is 0 Å². The summed E-state index contributed by atoms with van der Waals surface area (Å²) in [5.41, 5.74) is 0.934. The van der Waals surface area contributed by atoms with Crippen LogP contribution in [0.4, 0.5) is 42.0 Å². The highest BCUT2D eigenvalue weighted by molar-refractivity contribution is 6.04. The Labute approximate surface area is 203 Å². The number of carbonyl (C=O) groups is 2. The molecule has 3 aromatic carbocycles. The van der Waals surface area contributed by atoms with Gasteiger partial charge in [0, 0.05) is 17.1 Å². The molecule has 1 heterocycles. The van der Waals surface area contributed by atoms with Gasteiger partial charge in [-0.2, -0.15) is 4.98 Å². The first-order chi connectivity index (χ1) is 17.3. The molecule has 0 spiro atoms. The maximum atomic E-state index is 14.3. The summed E-state index contributed by atoms with van der Waals surface area (Å²) in [6.45, 7) is 0. The van der Waals surface area contributed by atoms with Crippen molar-refractivity contribution in [1.82, 2.24) is 9.97 Å². The number of anilines is 5. The number of nitrogens with one attached hydrogen (secondary N) is 3. The Balaban J connectivity index is 1.43. The van der Waals surface area contributed by atoms with Crippen molar-refractivity contribution in [2.75, 3.05) is 23.1 Å². The Morgan fingerprint density at radius 2 is 1.36 bits per heavy atom. The first-order valence-corrected chi connectivity index (χ1v) is 10.4. The maximum Gasteiger partial charge on any atom is 0.337 e. The van der Waals surface area contributed by atoms with Gasteiger partial charge >= 0.3 is 5.97 Å². The summed E-state index contributed by atoms with van der Waals surface area (Å²) in [7, 11) is 1.28. The number of rotatable bonds is 7. The second-order valence-electron chi connectivity index (χ2n) is 7.34. The van der Waals surface area contributed by atoms with E-state index in [4.69, 9.17) is 0 Å². The number of hydrogen-bond donors (Lipinski definition) is 3. The number of esters is 1. The molecule has 0 unspecified atom stereocenters. The van der Waals surface area contributed by atoms with E-state index in [2.05, 4.69) is 30.7 Å². The molecule has 0 aliphatic heterocycles. The molecule has 0 saturated heterocycles. The summed E-state index contributed by atoms with van der Waals surface area (Å²) in [5, 5.41) is 8.12. The van der Waals surface area contributed by atoms with Gasteiger partial charge in [-0.15, -0.1) is 0 Å². The van der Waals surface area contributed by atoms with E-state index in [1.807, 2.05) is 0 Å². The minimum absolute atomic E-state index is 0.0977. The standard InChI is InChI=1S/C25H18F3N5O3/c1-36-24(35)14-5-7-17(8-6-14)32-25-29-13-20(28)22(33-25)30-15-9-11-16(12-10-15)31-23(34)21-18(26)3-2-4-19(21)27/h2-13H,1H3,(H,31,34)(H2,29,30,32,33). The van der Waals surface area contributed by atoms with Gasteiger partial charge in [0.1, 0.15) is 17.2 Å². The third kappa shape index (κ3) is 5.58. The van der Waals surface area contributed by atoms with Gasteiger partial charge in [-0.25, -0.2) is 22.9 Å². The zero-order chi connectivity index (χ0) is 25.7. The van der Waals surface area contributed by atoms with Gasteiger partial charge in [0.15, 0.2) is 11.6 Å². The molecule has 8 nitrogen and oxygen atoms in total. The third-order valence-corrected chi connectivity index (χ3v) is 4.90. The quantitative estimate of drug-likeness (QED) is 0.295. The van der Waals surface area contributed by atoms with Gasteiger partial charge in [-0.3, -0.25) is 4.79 Å². The fourth-order valence-corrected chi connectivity index (χ4v) is 3.13. The minimum atomic E-state index is -0.978. The fourth-order valence-electron chi connectivity index (χ4n) is 3.13. The number of benzene rings is 3. The lowest BCUT2D eigenvalue weighted by Crippen LogP contribution is -2.15. The largest absolute Gasteiger partial charge is 0.465 e. The number of ether oxygens (including phenoxy) is 1. The number of carbonyl (C=O) groups excluding carboxylic acids is 2. The van der Waals surface area contributed by atoms with Crippen LogP contribution in [0, 0.1) is 17.5 Å². The van der Waals surface area contributed by atoms with Crippen LogP contribution in [0.5, 0.6) is 0 Å². The molecule has 0 aliphatic carbocycles. The molecule has 0 aliphatic rings. The average molecular weight is 493 g/mol. The number of methoxy groups -OCH3 is 1. The molecule has 0 bridgehead atoms. The van der Waals surface area contributed by atoms with Gasteiger partial charge in [0.05, 0.1) is 18.9 Å². The van der Waals surface area contributed by atoms with Crippen LogP contribution in [0.3, 0.4) is 0 Å².